The van der Waals surface area contributed by atoms with E-state index in [0.29, 0.717) is 24.5 Å². The maximum Gasteiger partial charge on any atom is 0.301 e. The lowest BCUT2D eigenvalue weighted by atomic mass is 10.3. The molecule has 5 nitrogen and oxygen atoms in total. The van der Waals surface area contributed by atoms with Gasteiger partial charge in [0, 0.05) is 13.1 Å². The highest BCUT2D eigenvalue weighted by molar-refractivity contribution is 7.90. The molecule has 1 fully saturated rings. The molecule has 0 aliphatic carbocycles. The van der Waals surface area contributed by atoms with E-state index in [-0.39, 0.29) is 0 Å². The molecule has 0 atom stereocenters. The molecular formula is C9H12N2O3S. The minimum Gasteiger partial charge on any atom is -0.495 e. The van der Waals surface area contributed by atoms with Gasteiger partial charge in [0.2, 0.25) is 0 Å². The van der Waals surface area contributed by atoms with Crippen LogP contribution in [0.25, 0.3) is 0 Å². The third kappa shape index (κ3) is 2.21. The predicted molar refractivity (Wildman–Crippen MR) is 57.1 cm³/mol. The average molecular weight is 228 g/mol. The molecule has 2 rings (SSSR count). The maximum atomic E-state index is 11.6. The molecule has 1 N–H and O–H groups in total. The van der Waals surface area contributed by atoms with Gasteiger partial charge in [-0.05, 0) is 12.1 Å². The van der Waals surface area contributed by atoms with Gasteiger partial charge in [0.1, 0.15) is 5.75 Å². The van der Waals surface area contributed by atoms with E-state index < -0.39 is 10.2 Å². The molecule has 0 aromatic heterocycles. The SMILES string of the molecule is COc1ccccc1NS(=O)(=O)N1CC1. The molecule has 1 heterocycles. The molecule has 1 aliphatic rings. The Balaban J connectivity index is 2.23. The first kappa shape index (κ1) is 10.3. The van der Waals surface area contributed by atoms with Crippen LogP contribution >= 0.6 is 0 Å². The van der Waals surface area contributed by atoms with Crippen LogP contribution in [0.3, 0.4) is 0 Å². The highest BCUT2D eigenvalue weighted by Crippen LogP contribution is 2.26. The van der Waals surface area contributed by atoms with Crippen molar-refractivity contribution < 1.29 is 13.2 Å². The Hall–Kier alpha value is -1.27. The van der Waals surface area contributed by atoms with E-state index in [4.69, 9.17) is 4.74 Å². The summed E-state index contributed by atoms with van der Waals surface area (Å²) in [7, 11) is -1.86. The number of benzene rings is 1. The maximum absolute atomic E-state index is 11.6. The minimum absolute atomic E-state index is 0.465. The van der Waals surface area contributed by atoms with E-state index in [1.165, 1.54) is 11.4 Å². The molecule has 1 aromatic carbocycles. The van der Waals surface area contributed by atoms with E-state index in [1.54, 1.807) is 24.3 Å². The summed E-state index contributed by atoms with van der Waals surface area (Å²) in [6.07, 6.45) is 0. The Morgan fingerprint density at radius 3 is 2.60 bits per heavy atom. The van der Waals surface area contributed by atoms with Crippen LogP contribution in [0.4, 0.5) is 5.69 Å². The quantitative estimate of drug-likeness (QED) is 0.770. The van der Waals surface area contributed by atoms with Gasteiger partial charge in [-0.3, -0.25) is 4.72 Å². The molecule has 0 unspecified atom stereocenters. The van der Waals surface area contributed by atoms with E-state index in [2.05, 4.69) is 4.72 Å². The summed E-state index contributed by atoms with van der Waals surface area (Å²) in [5.41, 5.74) is 0.465. The normalized spacial score (nSPS) is 16.1. The second-order valence-electron chi connectivity index (χ2n) is 3.21. The molecule has 0 radical (unpaired) electrons. The van der Waals surface area contributed by atoms with Crippen molar-refractivity contribution in [3.63, 3.8) is 0 Å². The van der Waals surface area contributed by atoms with E-state index >= 15 is 0 Å². The van der Waals surface area contributed by atoms with Crippen molar-refractivity contribution in [3.05, 3.63) is 24.3 Å². The van der Waals surface area contributed by atoms with Gasteiger partial charge in [-0.2, -0.15) is 12.7 Å². The molecule has 82 valence electrons. The smallest absolute Gasteiger partial charge is 0.301 e. The number of hydrogen-bond acceptors (Lipinski definition) is 3. The standard InChI is InChI=1S/C9H12N2O3S/c1-14-9-5-3-2-4-8(9)10-15(12,13)11-6-7-11/h2-5,10H,6-7H2,1H3. The Kier molecular flexibility index (Phi) is 2.54. The fourth-order valence-corrected chi connectivity index (χ4v) is 2.35. The largest absolute Gasteiger partial charge is 0.495 e. The number of anilines is 1. The van der Waals surface area contributed by atoms with Crippen LogP contribution in [-0.4, -0.2) is 32.9 Å². The van der Waals surface area contributed by atoms with Crippen LogP contribution in [0.15, 0.2) is 24.3 Å². The van der Waals surface area contributed by atoms with Crippen molar-refractivity contribution in [2.75, 3.05) is 24.9 Å². The lowest BCUT2D eigenvalue weighted by Crippen LogP contribution is -2.21. The fourth-order valence-electron chi connectivity index (χ4n) is 1.21. The Bertz CT molecular complexity index is 454. The number of nitrogens with one attached hydrogen (secondary N) is 1. The first-order valence-corrected chi connectivity index (χ1v) is 5.98. The van der Waals surface area contributed by atoms with Crippen molar-refractivity contribution in [2.24, 2.45) is 0 Å². The summed E-state index contributed by atoms with van der Waals surface area (Å²) in [6.45, 7) is 1.18. The van der Waals surface area contributed by atoms with Crippen LogP contribution < -0.4 is 9.46 Å². The molecule has 0 bridgehead atoms. The van der Waals surface area contributed by atoms with Gasteiger partial charge in [0.15, 0.2) is 0 Å². The zero-order chi connectivity index (χ0) is 10.9. The van der Waals surface area contributed by atoms with E-state index in [9.17, 15) is 8.42 Å². The predicted octanol–water partition coefficient (Wildman–Crippen LogP) is 0.667. The number of para-hydroxylation sites is 2. The van der Waals surface area contributed by atoms with Crippen LogP contribution in [0.5, 0.6) is 5.75 Å². The monoisotopic (exact) mass is 228 g/mol. The molecule has 1 saturated heterocycles. The second-order valence-corrected chi connectivity index (χ2v) is 4.88. The first-order valence-electron chi connectivity index (χ1n) is 4.54. The van der Waals surface area contributed by atoms with Gasteiger partial charge in [0.25, 0.3) is 0 Å². The molecule has 15 heavy (non-hydrogen) atoms. The fraction of sp³-hybridized carbons (Fsp3) is 0.333. The van der Waals surface area contributed by atoms with E-state index in [1.807, 2.05) is 0 Å². The summed E-state index contributed by atoms with van der Waals surface area (Å²) in [5.74, 6) is 0.517. The van der Waals surface area contributed by atoms with Crippen molar-refractivity contribution in [2.45, 2.75) is 0 Å². The van der Waals surface area contributed by atoms with Crippen LogP contribution in [0, 0.1) is 0 Å². The zero-order valence-electron chi connectivity index (χ0n) is 8.30. The Morgan fingerprint density at radius 1 is 1.33 bits per heavy atom. The lowest BCUT2D eigenvalue weighted by Gasteiger charge is -2.11. The topological polar surface area (TPSA) is 58.4 Å². The van der Waals surface area contributed by atoms with Gasteiger partial charge >= 0.3 is 10.2 Å². The van der Waals surface area contributed by atoms with Crippen molar-refractivity contribution >= 4 is 15.9 Å². The van der Waals surface area contributed by atoms with Gasteiger partial charge in [-0.15, -0.1) is 0 Å². The highest BCUT2D eigenvalue weighted by Gasteiger charge is 2.32. The van der Waals surface area contributed by atoms with Gasteiger partial charge < -0.3 is 4.74 Å². The van der Waals surface area contributed by atoms with Crippen LogP contribution in [-0.2, 0) is 10.2 Å². The number of hydrogen-bond donors (Lipinski definition) is 1. The summed E-state index contributed by atoms with van der Waals surface area (Å²) >= 11 is 0. The summed E-state index contributed by atoms with van der Waals surface area (Å²) in [6, 6.07) is 6.91. The molecule has 0 amide bonds. The number of methoxy groups -OCH3 is 1. The minimum atomic E-state index is -3.37. The lowest BCUT2D eigenvalue weighted by molar-refractivity contribution is 0.417. The molecule has 1 aromatic rings. The zero-order valence-corrected chi connectivity index (χ0v) is 9.12. The molecule has 1 aliphatic heterocycles. The summed E-state index contributed by atoms with van der Waals surface area (Å²) in [4.78, 5) is 0. The van der Waals surface area contributed by atoms with Gasteiger partial charge in [0.05, 0.1) is 12.8 Å². The molecule has 0 saturated carbocycles. The van der Waals surface area contributed by atoms with Crippen molar-refractivity contribution in [3.8, 4) is 5.75 Å². The number of rotatable bonds is 4. The highest BCUT2D eigenvalue weighted by atomic mass is 32.2. The molecular weight excluding hydrogens is 216 g/mol. The average Bonchev–Trinajstić information content (AvgIpc) is 3.01. The van der Waals surface area contributed by atoms with E-state index in [0.717, 1.165) is 0 Å². The van der Waals surface area contributed by atoms with Crippen LogP contribution in [0.2, 0.25) is 0 Å². The third-order valence-electron chi connectivity index (χ3n) is 2.09. The summed E-state index contributed by atoms with van der Waals surface area (Å²) < 4.78 is 32.0. The van der Waals surface area contributed by atoms with Crippen molar-refractivity contribution in [1.29, 1.82) is 0 Å². The Morgan fingerprint density at radius 2 is 2.00 bits per heavy atom. The number of nitrogens with zero attached hydrogens (tertiary/aromatic N) is 1. The number of ether oxygens (including phenoxy) is 1. The third-order valence-corrected chi connectivity index (χ3v) is 3.61. The molecule has 6 heteroatoms. The van der Waals surface area contributed by atoms with Crippen LogP contribution in [0.1, 0.15) is 0 Å². The first-order chi connectivity index (χ1) is 7.13. The van der Waals surface area contributed by atoms with Gasteiger partial charge in [-0.1, -0.05) is 12.1 Å². The van der Waals surface area contributed by atoms with Gasteiger partial charge in [-0.25, -0.2) is 0 Å². The Labute approximate surface area is 88.8 Å². The van der Waals surface area contributed by atoms with Crippen molar-refractivity contribution in [1.82, 2.24) is 4.31 Å². The molecule has 0 spiro atoms. The second kappa shape index (κ2) is 3.71. The summed E-state index contributed by atoms with van der Waals surface area (Å²) in [5, 5.41) is 0.